The molecular formula is C12H14ClN3OS. The molecule has 2 aromatic heterocycles. The molecule has 1 saturated heterocycles. The number of nitrogens with one attached hydrogen (secondary N) is 1. The number of fused-ring (bicyclic) bond motifs is 1. The van der Waals surface area contributed by atoms with Gasteiger partial charge in [-0.1, -0.05) is 0 Å². The quantitative estimate of drug-likeness (QED) is 0.880. The van der Waals surface area contributed by atoms with Gasteiger partial charge in [-0.15, -0.1) is 11.3 Å². The molecule has 96 valence electrons. The summed E-state index contributed by atoms with van der Waals surface area (Å²) in [5.74, 6) is 1.40. The monoisotopic (exact) mass is 283 g/mol. The van der Waals surface area contributed by atoms with E-state index >= 15 is 0 Å². The van der Waals surface area contributed by atoms with Crippen molar-refractivity contribution in [2.75, 3.05) is 25.1 Å². The molecule has 18 heavy (non-hydrogen) atoms. The molecule has 3 rings (SSSR count). The van der Waals surface area contributed by atoms with E-state index in [0.717, 1.165) is 42.2 Å². The first-order valence-electron chi connectivity index (χ1n) is 5.97. The molecule has 0 aliphatic carbocycles. The van der Waals surface area contributed by atoms with Crippen molar-refractivity contribution in [1.29, 1.82) is 0 Å². The van der Waals surface area contributed by atoms with E-state index in [1.54, 1.807) is 11.3 Å². The van der Waals surface area contributed by atoms with E-state index in [-0.39, 0.29) is 0 Å². The number of ether oxygens (including phenoxy) is 1. The molecule has 1 fully saturated rings. The number of rotatable bonds is 3. The van der Waals surface area contributed by atoms with Crippen LogP contribution in [0.2, 0.25) is 5.28 Å². The van der Waals surface area contributed by atoms with Gasteiger partial charge in [-0.25, -0.2) is 9.97 Å². The highest BCUT2D eigenvalue weighted by Gasteiger charge is 2.16. The van der Waals surface area contributed by atoms with Crippen molar-refractivity contribution in [3.05, 3.63) is 16.2 Å². The average Bonchev–Trinajstić information content (AvgIpc) is 2.93. The molecule has 2 aromatic rings. The summed E-state index contributed by atoms with van der Waals surface area (Å²) in [5.41, 5.74) is 0. The molecule has 1 unspecified atom stereocenters. The van der Waals surface area contributed by atoms with Crippen LogP contribution in [-0.2, 0) is 4.74 Å². The van der Waals surface area contributed by atoms with Gasteiger partial charge in [0, 0.05) is 23.9 Å². The number of thiophene rings is 1. The van der Waals surface area contributed by atoms with Gasteiger partial charge in [-0.3, -0.25) is 0 Å². The minimum absolute atomic E-state index is 0.300. The zero-order valence-corrected chi connectivity index (χ0v) is 11.6. The molecule has 0 radical (unpaired) electrons. The molecule has 0 amide bonds. The minimum Gasteiger partial charge on any atom is -0.381 e. The van der Waals surface area contributed by atoms with Gasteiger partial charge in [-0.2, -0.15) is 0 Å². The van der Waals surface area contributed by atoms with Gasteiger partial charge in [0.25, 0.3) is 0 Å². The lowest BCUT2D eigenvalue weighted by Crippen LogP contribution is -2.15. The Balaban J connectivity index is 1.85. The van der Waals surface area contributed by atoms with Crippen LogP contribution in [0, 0.1) is 12.8 Å². The molecule has 0 aromatic carbocycles. The summed E-state index contributed by atoms with van der Waals surface area (Å²) in [6.45, 7) is 4.63. The molecule has 1 aliphatic heterocycles. The molecule has 4 nitrogen and oxygen atoms in total. The normalized spacial score (nSPS) is 19.6. The fourth-order valence-corrected chi connectivity index (χ4v) is 3.23. The topological polar surface area (TPSA) is 47.0 Å². The van der Waals surface area contributed by atoms with Gasteiger partial charge in [0.15, 0.2) is 0 Å². The largest absolute Gasteiger partial charge is 0.381 e. The van der Waals surface area contributed by atoms with Crippen molar-refractivity contribution < 1.29 is 4.74 Å². The highest BCUT2D eigenvalue weighted by molar-refractivity contribution is 7.18. The van der Waals surface area contributed by atoms with Gasteiger partial charge in [0.1, 0.15) is 10.6 Å². The van der Waals surface area contributed by atoms with Crippen LogP contribution >= 0.6 is 22.9 Å². The summed E-state index contributed by atoms with van der Waals surface area (Å²) in [6.07, 6.45) is 1.11. The first-order chi connectivity index (χ1) is 8.72. The second-order valence-electron chi connectivity index (χ2n) is 4.53. The summed E-state index contributed by atoms with van der Waals surface area (Å²) >= 11 is 7.59. The fraction of sp³-hybridized carbons (Fsp3) is 0.500. The van der Waals surface area contributed by atoms with E-state index < -0.39 is 0 Å². The second-order valence-corrected chi connectivity index (χ2v) is 6.10. The summed E-state index contributed by atoms with van der Waals surface area (Å²) < 4.78 is 5.36. The molecule has 0 spiro atoms. The van der Waals surface area contributed by atoms with E-state index in [1.807, 2.05) is 0 Å². The van der Waals surface area contributed by atoms with Gasteiger partial charge in [0.2, 0.25) is 5.28 Å². The Morgan fingerprint density at radius 1 is 1.56 bits per heavy atom. The van der Waals surface area contributed by atoms with E-state index in [1.165, 1.54) is 4.88 Å². The SMILES string of the molecule is Cc1cc2c(NCC3CCOC3)nc(Cl)nc2s1. The smallest absolute Gasteiger partial charge is 0.225 e. The minimum atomic E-state index is 0.300. The summed E-state index contributed by atoms with van der Waals surface area (Å²) in [4.78, 5) is 10.7. The number of anilines is 1. The van der Waals surface area contributed by atoms with Gasteiger partial charge < -0.3 is 10.1 Å². The molecule has 0 bridgehead atoms. The number of hydrogen-bond acceptors (Lipinski definition) is 5. The van der Waals surface area contributed by atoms with Crippen LogP contribution in [0.1, 0.15) is 11.3 Å². The van der Waals surface area contributed by atoms with Crippen LogP contribution in [0.5, 0.6) is 0 Å². The van der Waals surface area contributed by atoms with Crippen molar-refractivity contribution >= 4 is 39.0 Å². The third-order valence-electron chi connectivity index (χ3n) is 3.07. The van der Waals surface area contributed by atoms with Crippen LogP contribution in [0.4, 0.5) is 5.82 Å². The molecule has 1 aliphatic rings. The number of aryl methyl sites for hydroxylation is 1. The third-order valence-corrected chi connectivity index (χ3v) is 4.18. The lowest BCUT2D eigenvalue weighted by Gasteiger charge is -2.10. The van der Waals surface area contributed by atoms with Gasteiger partial charge in [0.05, 0.1) is 12.0 Å². The third kappa shape index (κ3) is 2.43. The van der Waals surface area contributed by atoms with Crippen LogP contribution in [-0.4, -0.2) is 29.7 Å². The van der Waals surface area contributed by atoms with Crippen molar-refractivity contribution in [3.8, 4) is 0 Å². The first-order valence-corrected chi connectivity index (χ1v) is 7.17. The van der Waals surface area contributed by atoms with E-state index in [0.29, 0.717) is 11.2 Å². The maximum absolute atomic E-state index is 5.95. The van der Waals surface area contributed by atoms with Crippen LogP contribution in [0.15, 0.2) is 6.07 Å². The molecule has 0 saturated carbocycles. The van der Waals surface area contributed by atoms with Gasteiger partial charge >= 0.3 is 0 Å². The number of aromatic nitrogens is 2. The summed E-state index contributed by atoms with van der Waals surface area (Å²) in [6, 6.07) is 2.10. The summed E-state index contributed by atoms with van der Waals surface area (Å²) in [5, 5.41) is 4.73. The van der Waals surface area contributed by atoms with Crippen LogP contribution in [0.25, 0.3) is 10.2 Å². The Kier molecular flexibility index (Phi) is 3.37. The lowest BCUT2D eigenvalue weighted by molar-refractivity contribution is 0.187. The Hall–Kier alpha value is -0.910. The van der Waals surface area contributed by atoms with E-state index in [9.17, 15) is 0 Å². The molecule has 3 heterocycles. The number of hydrogen-bond donors (Lipinski definition) is 1. The van der Waals surface area contributed by atoms with E-state index in [2.05, 4.69) is 28.3 Å². The highest BCUT2D eigenvalue weighted by Crippen LogP contribution is 2.29. The fourth-order valence-electron chi connectivity index (χ4n) is 2.14. The average molecular weight is 284 g/mol. The van der Waals surface area contributed by atoms with Crippen molar-refractivity contribution in [3.63, 3.8) is 0 Å². The molecular weight excluding hydrogens is 270 g/mol. The first kappa shape index (κ1) is 12.1. The number of halogens is 1. The zero-order chi connectivity index (χ0) is 12.5. The van der Waals surface area contributed by atoms with Crippen LogP contribution < -0.4 is 5.32 Å². The van der Waals surface area contributed by atoms with Crippen molar-refractivity contribution in [2.24, 2.45) is 5.92 Å². The molecule has 6 heteroatoms. The van der Waals surface area contributed by atoms with Gasteiger partial charge in [-0.05, 0) is 31.0 Å². The maximum atomic E-state index is 5.95. The van der Waals surface area contributed by atoms with Crippen molar-refractivity contribution in [1.82, 2.24) is 9.97 Å². The van der Waals surface area contributed by atoms with E-state index in [4.69, 9.17) is 16.3 Å². The van der Waals surface area contributed by atoms with Crippen molar-refractivity contribution in [2.45, 2.75) is 13.3 Å². The standard InChI is InChI=1S/C12H14ClN3OS/c1-7-4-9-10(14-5-8-2-3-17-6-8)15-12(13)16-11(9)18-7/h4,8H,2-3,5-6H2,1H3,(H,14,15,16). The second kappa shape index (κ2) is 4.99. The Bertz CT molecular complexity index is 566. The maximum Gasteiger partial charge on any atom is 0.225 e. The predicted molar refractivity (Wildman–Crippen MR) is 74.6 cm³/mol. The lowest BCUT2D eigenvalue weighted by atomic mass is 10.1. The Morgan fingerprint density at radius 3 is 3.22 bits per heavy atom. The highest BCUT2D eigenvalue weighted by atomic mass is 35.5. The Labute approximate surface area is 114 Å². The number of nitrogens with zero attached hydrogens (tertiary/aromatic N) is 2. The zero-order valence-electron chi connectivity index (χ0n) is 10.1. The van der Waals surface area contributed by atoms with Crippen LogP contribution in [0.3, 0.4) is 0 Å². The molecule has 1 atom stereocenters. The summed E-state index contributed by atoms with van der Waals surface area (Å²) in [7, 11) is 0. The molecule has 1 N–H and O–H groups in total. The Morgan fingerprint density at radius 2 is 2.44 bits per heavy atom. The predicted octanol–water partition coefficient (Wildman–Crippen LogP) is 3.10.